The molecule has 0 heterocycles. The second-order valence-electron chi connectivity index (χ2n) is 6.66. The summed E-state index contributed by atoms with van der Waals surface area (Å²) in [5, 5.41) is 16.2. The van der Waals surface area contributed by atoms with Gasteiger partial charge < -0.3 is 15.3 Å². The minimum atomic E-state index is -0.204. The van der Waals surface area contributed by atoms with Crippen LogP contribution in [-0.4, -0.2) is 44.0 Å². The molecule has 0 aliphatic carbocycles. The van der Waals surface area contributed by atoms with E-state index in [2.05, 4.69) is 34.9 Å². The number of aryl methyl sites for hydroxylation is 3. The number of carbonyl (C=O) groups excluding carboxylic acids is 1. The fourth-order valence-corrected chi connectivity index (χ4v) is 2.94. The number of hydrogen-bond donors (Lipinski definition) is 3. The molecular weight excluding hydrogens is 340 g/mol. The summed E-state index contributed by atoms with van der Waals surface area (Å²) < 4.78 is 0. The molecule has 6 heteroatoms. The van der Waals surface area contributed by atoms with Crippen molar-refractivity contribution < 1.29 is 9.90 Å². The quantitative estimate of drug-likeness (QED) is 0.494. The molecule has 2 aromatic rings. The van der Waals surface area contributed by atoms with Crippen LogP contribution in [0.2, 0.25) is 0 Å². The third-order valence-corrected chi connectivity index (χ3v) is 4.27. The van der Waals surface area contributed by atoms with E-state index in [-0.39, 0.29) is 19.1 Å². The number of aliphatic hydroxyl groups is 1. The first kappa shape index (κ1) is 20.5. The van der Waals surface area contributed by atoms with Crippen LogP contribution in [0.25, 0.3) is 0 Å². The van der Waals surface area contributed by atoms with Crippen LogP contribution in [0, 0.1) is 20.8 Å². The van der Waals surface area contributed by atoms with E-state index < -0.39 is 0 Å². The Balaban J connectivity index is 1.85. The van der Waals surface area contributed by atoms with Crippen LogP contribution in [0.3, 0.4) is 0 Å². The zero-order chi connectivity index (χ0) is 19.8. The number of likely N-dealkylation sites (N-methyl/N-ethyl adjacent to an activating group) is 1. The minimum absolute atomic E-state index is 0.113. The molecule has 3 N–H and O–H groups in total. The smallest absolute Gasteiger partial charge is 0.259 e. The van der Waals surface area contributed by atoms with Gasteiger partial charge in [-0.05, 0) is 49.6 Å². The normalized spacial score (nSPS) is 10.9. The van der Waals surface area contributed by atoms with E-state index in [1.807, 2.05) is 50.1 Å². The fourth-order valence-electron chi connectivity index (χ4n) is 2.94. The maximum Gasteiger partial charge on any atom is 0.259 e. The van der Waals surface area contributed by atoms with Crippen LogP contribution in [0.15, 0.2) is 41.5 Å². The van der Waals surface area contributed by atoms with Crippen molar-refractivity contribution >= 4 is 23.5 Å². The Morgan fingerprint density at radius 1 is 1.15 bits per heavy atom. The topological polar surface area (TPSA) is 77.0 Å². The summed E-state index contributed by atoms with van der Waals surface area (Å²) in [5.74, 6) is -0.204. The maximum atomic E-state index is 12.0. The van der Waals surface area contributed by atoms with E-state index >= 15 is 0 Å². The van der Waals surface area contributed by atoms with Gasteiger partial charge in [-0.25, -0.2) is 5.43 Å². The standard InChI is InChI=1S/C21H28N4O2/c1-15-11-16(2)21(17(3)12-15)22-14-20(27)24-23-13-18-5-7-19(8-6-18)25(4)9-10-26/h5-8,11-13,22,26H,9-10,14H2,1-4H3,(H,24,27)/b23-13-. The number of carbonyl (C=O) groups is 1. The summed E-state index contributed by atoms with van der Waals surface area (Å²) in [5.41, 5.74) is 8.87. The molecule has 0 radical (unpaired) electrons. The highest BCUT2D eigenvalue weighted by atomic mass is 16.3. The molecule has 0 unspecified atom stereocenters. The summed E-state index contributed by atoms with van der Waals surface area (Å²) in [4.78, 5) is 14.0. The summed E-state index contributed by atoms with van der Waals surface area (Å²) >= 11 is 0. The first-order chi connectivity index (χ1) is 12.9. The maximum absolute atomic E-state index is 12.0. The van der Waals surface area contributed by atoms with Crippen LogP contribution < -0.4 is 15.6 Å². The molecule has 0 aromatic heterocycles. The zero-order valence-corrected chi connectivity index (χ0v) is 16.4. The Morgan fingerprint density at radius 3 is 2.37 bits per heavy atom. The molecule has 0 fully saturated rings. The number of hydrazone groups is 1. The molecule has 0 atom stereocenters. The predicted octanol–water partition coefficient (Wildman–Crippen LogP) is 2.60. The van der Waals surface area contributed by atoms with Crippen LogP contribution in [0.1, 0.15) is 22.3 Å². The van der Waals surface area contributed by atoms with Crippen LogP contribution in [-0.2, 0) is 4.79 Å². The molecule has 0 saturated carbocycles. The van der Waals surface area contributed by atoms with Gasteiger partial charge in [0.2, 0.25) is 0 Å². The Bertz CT molecular complexity index is 777. The molecule has 0 bridgehead atoms. The lowest BCUT2D eigenvalue weighted by molar-refractivity contribution is -0.119. The van der Waals surface area contributed by atoms with E-state index in [1.54, 1.807) is 6.21 Å². The van der Waals surface area contributed by atoms with Crippen LogP contribution in [0.5, 0.6) is 0 Å². The Kier molecular flexibility index (Phi) is 7.37. The Hall–Kier alpha value is -2.86. The second-order valence-corrected chi connectivity index (χ2v) is 6.66. The Morgan fingerprint density at radius 2 is 1.78 bits per heavy atom. The molecular formula is C21H28N4O2. The van der Waals surface area contributed by atoms with E-state index in [0.717, 1.165) is 28.1 Å². The van der Waals surface area contributed by atoms with Gasteiger partial charge in [0.1, 0.15) is 0 Å². The van der Waals surface area contributed by atoms with Crippen molar-refractivity contribution in [3.05, 3.63) is 58.7 Å². The molecule has 0 saturated heterocycles. The molecule has 1 amide bonds. The number of nitrogens with one attached hydrogen (secondary N) is 2. The summed E-state index contributed by atoms with van der Waals surface area (Å²) in [7, 11) is 1.92. The largest absolute Gasteiger partial charge is 0.395 e. The van der Waals surface area contributed by atoms with Gasteiger partial charge in [0.25, 0.3) is 5.91 Å². The van der Waals surface area contributed by atoms with E-state index in [9.17, 15) is 4.79 Å². The van der Waals surface area contributed by atoms with Gasteiger partial charge in [-0.3, -0.25) is 4.79 Å². The fraction of sp³-hybridized carbons (Fsp3) is 0.333. The molecule has 27 heavy (non-hydrogen) atoms. The summed E-state index contributed by atoms with van der Waals surface area (Å²) in [6.45, 7) is 6.97. The molecule has 144 valence electrons. The molecule has 2 aromatic carbocycles. The van der Waals surface area contributed by atoms with Gasteiger partial charge >= 0.3 is 0 Å². The average molecular weight is 368 g/mol. The third-order valence-electron chi connectivity index (χ3n) is 4.27. The van der Waals surface area contributed by atoms with E-state index in [0.29, 0.717) is 6.54 Å². The molecule has 0 aliphatic heterocycles. The average Bonchev–Trinajstić information content (AvgIpc) is 2.61. The molecule has 0 aliphatic rings. The lowest BCUT2D eigenvalue weighted by Gasteiger charge is -2.17. The molecule has 6 nitrogen and oxygen atoms in total. The highest BCUT2D eigenvalue weighted by Crippen LogP contribution is 2.21. The number of hydrogen-bond acceptors (Lipinski definition) is 5. The first-order valence-corrected chi connectivity index (χ1v) is 8.96. The minimum Gasteiger partial charge on any atom is -0.395 e. The summed E-state index contributed by atoms with van der Waals surface area (Å²) in [6.07, 6.45) is 1.61. The Labute approximate surface area is 160 Å². The third kappa shape index (κ3) is 6.11. The van der Waals surface area contributed by atoms with Gasteiger partial charge in [-0.1, -0.05) is 29.8 Å². The van der Waals surface area contributed by atoms with Crippen molar-refractivity contribution in [3.8, 4) is 0 Å². The summed E-state index contributed by atoms with van der Waals surface area (Å²) in [6, 6.07) is 11.9. The second kappa shape index (κ2) is 9.73. The number of amides is 1. The van der Waals surface area contributed by atoms with Gasteiger partial charge in [-0.2, -0.15) is 5.10 Å². The highest BCUT2D eigenvalue weighted by Gasteiger charge is 2.06. The van der Waals surface area contributed by atoms with Crippen molar-refractivity contribution in [1.82, 2.24) is 5.43 Å². The van der Waals surface area contributed by atoms with E-state index in [4.69, 9.17) is 5.11 Å². The molecule has 0 spiro atoms. The van der Waals surface area contributed by atoms with E-state index in [1.165, 1.54) is 5.56 Å². The van der Waals surface area contributed by atoms with Crippen molar-refractivity contribution in [2.24, 2.45) is 5.10 Å². The van der Waals surface area contributed by atoms with Crippen molar-refractivity contribution in [1.29, 1.82) is 0 Å². The lowest BCUT2D eigenvalue weighted by atomic mass is 10.1. The van der Waals surface area contributed by atoms with Crippen molar-refractivity contribution in [2.75, 3.05) is 37.0 Å². The number of benzene rings is 2. The van der Waals surface area contributed by atoms with Crippen molar-refractivity contribution in [3.63, 3.8) is 0 Å². The number of nitrogens with zero attached hydrogens (tertiary/aromatic N) is 2. The number of anilines is 2. The number of rotatable bonds is 8. The van der Waals surface area contributed by atoms with Crippen LogP contribution >= 0.6 is 0 Å². The van der Waals surface area contributed by atoms with Crippen molar-refractivity contribution in [2.45, 2.75) is 20.8 Å². The van der Waals surface area contributed by atoms with Gasteiger partial charge in [0.15, 0.2) is 0 Å². The SMILES string of the molecule is Cc1cc(C)c(NCC(=O)N/N=C\c2ccc(N(C)CCO)cc2)c(C)c1. The predicted molar refractivity (Wildman–Crippen MR) is 112 cm³/mol. The lowest BCUT2D eigenvalue weighted by Crippen LogP contribution is -2.26. The molecule has 2 rings (SSSR count). The van der Waals surface area contributed by atoms with Gasteiger partial charge in [0, 0.05) is 25.0 Å². The first-order valence-electron chi connectivity index (χ1n) is 8.96. The van der Waals surface area contributed by atoms with Crippen LogP contribution in [0.4, 0.5) is 11.4 Å². The van der Waals surface area contributed by atoms with Gasteiger partial charge in [-0.15, -0.1) is 0 Å². The number of aliphatic hydroxyl groups excluding tert-OH is 1. The monoisotopic (exact) mass is 368 g/mol. The van der Waals surface area contributed by atoms with Gasteiger partial charge in [0.05, 0.1) is 19.4 Å². The zero-order valence-electron chi connectivity index (χ0n) is 16.4. The highest BCUT2D eigenvalue weighted by molar-refractivity contribution is 5.84.